The van der Waals surface area contributed by atoms with Gasteiger partial charge in [-0.25, -0.2) is 4.39 Å². The van der Waals surface area contributed by atoms with Crippen LogP contribution in [0.25, 0.3) is 0 Å². The summed E-state index contributed by atoms with van der Waals surface area (Å²) in [6.45, 7) is 6.34. The maximum absolute atomic E-state index is 13.4. The fourth-order valence-corrected chi connectivity index (χ4v) is 2.31. The van der Waals surface area contributed by atoms with Gasteiger partial charge in [0.2, 0.25) is 0 Å². The molecule has 1 aromatic carbocycles. The van der Waals surface area contributed by atoms with Crippen molar-refractivity contribution in [3.63, 3.8) is 0 Å². The highest BCUT2D eigenvalue weighted by Gasteiger charge is 2.30. The molecule has 1 fully saturated rings. The minimum absolute atomic E-state index is 0.249. The molecule has 0 atom stereocenters. The van der Waals surface area contributed by atoms with Crippen LogP contribution < -0.4 is 15.4 Å². The molecule has 4 heteroatoms. The van der Waals surface area contributed by atoms with Gasteiger partial charge in [0.1, 0.15) is 0 Å². The van der Waals surface area contributed by atoms with Gasteiger partial charge in [0.15, 0.2) is 11.6 Å². The molecule has 0 amide bonds. The van der Waals surface area contributed by atoms with Crippen LogP contribution in [0.2, 0.25) is 0 Å². The third-order valence-electron chi connectivity index (χ3n) is 3.32. The number of nitrogens with zero attached hydrogens (tertiary/aromatic N) is 1. The van der Waals surface area contributed by atoms with Crippen LogP contribution in [0, 0.1) is 11.2 Å². The van der Waals surface area contributed by atoms with Gasteiger partial charge in [-0.2, -0.15) is 0 Å². The van der Waals surface area contributed by atoms with Crippen LogP contribution in [-0.2, 0) is 0 Å². The molecule has 1 heterocycles. The lowest BCUT2D eigenvalue weighted by Gasteiger charge is -2.23. The molecule has 1 aliphatic rings. The van der Waals surface area contributed by atoms with Crippen molar-refractivity contribution < 1.29 is 9.13 Å². The van der Waals surface area contributed by atoms with Crippen LogP contribution in [0.5, 0.6) is 5.75 Å². The first-order valence-corrected chi connectivity index (χ1v) is 5.81. The van der Waals surface area contributed by atoms with Crippen molar-refractivity contribution in [3.05, 3.63) is 17.9 Å². The predicted octanol–water partition coefficient (Wildman–Crippen LogP) is 2.65. The highest BCUT2D eigenvalue weighted by Crippen LogP contribution is 2.37. The highest BCUT2D eigenvalue weighted by atomic mass is 19.1. The second-order valence-electron chi connectivity index (χ2n) is 5.38. The molecule has 0 aromatic heterocycles. The van der Waals surface area contributed by atoms with Crippen molar-refractivity contribution in [2.24, 2.45) is 5.41 Å². The first-order valence-electron chi connectivity index (χ1n) is 5.81. The second-order valence-corrected chi connectivity index (χ2v) is 5.38. The summed E-state index contributed by atoms with van der Waals surface area (Å²) < 4.78 is 18.4. The van der Waals surface area contributed by atoms with Gasteiger partial charge in [-0.1, -0.05) is 13.8 Å². The zero-order valence-electron chi connectivity index (χ0n) is 10.6. The van der Waals surface area contributed by atoms with Crippen molar-refractivity contribution in [2.75, 3.05) is 30.8 Å². The largest absolute Gasteiger partial charge is 0.494 e. The van der Waals surface area contributed by atoms with E-state index in [1.807, 2.05) is 0 Å². The standard InChI is InChI=1S/C13H19FN2O/c1-13(2)4-5-16(8-13)11-7-12(17-3)9(14)6-10(11)15/h6-7H,4-5,8,15H2,1-3H3. The summed E-state index contributed by atoms with van der Waals surface area (Å²) in [7, 11) is 1.46. The Labute approximate surface area is 101 Å². The van der Waals surface area contributed by atoms with E-state index in [2.05, 4.69) is 18.7 Å². The molecule has 2 rings (SSSR count). The quantitative estimate of drug-likeness (QED) is 0.805. The lowest BCUT2D eigenvalue weighted by molar-refractivity contribution is 0.386. The number of benzene rings is 1. The van der Waals surface area contributed by atoms with Gasteiger partial charge in [0.25, 0.3) is 0 Å². The van der Waals surface area contributed by atoms with Gasteiger partial charge in [-0.3, -0.25) is 0 Å². The molecule has 0 radical (unpaired) electrons. The van der Waals surface area contributed by atoms with E-state index in [-0.39, 0.29) is 11.2 Å². The molecule has 0 bridgehead atoms. The number of hydrogen-bond donors (Lipinski definition) is 1. The number of halogens is 1. The number of ether oxygens (including phenoxy) is 1. The summed E-state index contributed by atoms with van der Waals surface area (Å²) in [4.78, 5) is 2.19. The number of rotatable bonds is 2. The summed E-state index contributed by atoms with van der Waals surface area (Å²) >= 11 is 0. The van der Waals surface area contributed by atoms with E-state index in [0.717, 1.165) is 25.2 Å². The molecule has 3 nitrogen and oxygen atoms in total. The minimum Gasteiger partial charge on any atom is -0.494 e. The SMILES string of the molecule is COc1cc(N2CCC(C)(C)C2)c(N)cc1F. The van der Waals surface area contributed by atoms with Crippen LogP contribution in [0.3, 0.4) is 0 Å². The summed E-state index contributed by atoms with van der Waals surface area (Å²) in [5.41, 5.74) is 7.50. The fraction of sp³-hybridized carbons (Fsp3) is 0.538. The molecule has 17 heavy (non-hydrogen) atoms. The van der Waals surface area contributed by atoms with Crippen LogP contribution in [-0.4, -0.2) is 20.2 Å². The third-order valence-corrected chi connectivity index (χ3v) is 3.32. The lowest BCUT2D eigenvalue weighted by atomic mass is 9.93. The van der Waals surface area contributed by atoms with Crippen molar-refractivity contribution in [1.29, 1.82) is 0 Å². The third kappa shape index (κ3) is 2.30. The van der Waals surface area contributed by atoms with Crippen molar-refractivity contribution in [3.8, 4) is 5.75 Å². The average Bonchev–Trinajstić information content (AvgIpc) is 2.59. The van der Waals surface area contributed by atoms with E-state index in [9.17, 15) is 4.39 Å². The average molecular weight is 238 g/mol. The monoisotopic (exact) mass is 238 g/mol. The van der Waals surface area contributed by atoms with E-state index in [1.54, 1.807) is 6.07 Å². The molecule has 2 N–H and O–H groups in total. The summed E-state index contributed by atoms with van der Waals surface area (Å²) in [6.07, 6.45) is 1.12. The minimum atomic E-state index is -0.410. The number of anilines is 2. The Morgan fingerprint density at radius 1 is 1.41 bits per heavy atom. The Kier molecular flexibility index (Phi) is 2.89. The maximum atomic E-state index is 13.4. The molecule has 0 spiro atoms. The van der Waals surface area contributed by atoms with Crippen molar-refractivity contribution in [2.45, 2.75) is 20.3 Å². The first kappa shape index (κ1) is 12.0. The Balaban J connectivity index is 2.33. The second kappa shape index (κ2) is 4.09. The molecular formula is C13H19FN2O. The van der Waals surface area contributed by atoms with Crippen LogP contribution >= 0.6 is 0 Å². The molecule has 0 unspecified atom stereocenters. The topological polar surface area (TPSA) is 38.5 Å². The smallest absolute Gasteiger partial charge is 0.167 e. The number of methoxy groups -OCH3 is 1. The summed E-state index contributed by atoms with van der Waals surface area (Å²) in [6, 6.07) is 3.02. The van der Waals surface area contributed by atoms with Crippen molar-refractivity contribution in [1.82, 2.24) is 0 Å². The Morgan fingerprint density at radius 2 is 2.12 bits per heavy atom. The summed E-state index contributed by atoms with van der Waals surface area (Å²) in [5, 5.41) is 0. The van der Waals surface area contributed by atoms with E-state index >= 15 is 0 Å². The first-order chi connectivity index (χ1) is 7.93. The van der Waals surface area contributed by atoms with Gasteiger partial charge in [0.05, 0.1) is 18.5 Å². The number of hydrogen-bond acceptors (Lipinski definition) is 3. The van der Waals surface area contributed by atoms with Gasteiger partial charge >= 0.3 is 0 Å². The molecule has 1 aromatic rings. The number of nitrogens with two attached hydrogens (primary N) is 1. The Morgan fingerprint density at radius 3 is 2.65 bits per heavy atom. The van der Waals surface area contributed by atoms with Crippen molar-refractivity contribution >= 4 is 11.4 Å². The van der Waals surface area contributed by atoms with Gasteiger partial charge < -0.3 is 15.4 Å². The molecule has 1 aliphatic heterocycles. The zero-order chi connectivity index (χ0) is 12.6. The Hall–Kier alpha value is -1.45. The summed E-state index contributed by atoms with van der Waals surface area (Å²) in [5.74, 6) is -0.161. The zero-order valence-corrected chi connectivity index (χ0v) is 10.6. The van der Waals surface area contributed by atoms with Gasteiger partial charge in [-0.05, 0) is 11.8 Å². The fourth-order valence-electron chi connectivity index (χ4n) is 2.31. The lowest BCUT2D eigenvalue weighted by Crippen LogP contribution is -2.23. The molecule has 1 saturated heterocycles. The number of nitrogen functional groups attached to an aromatic ring is 1. The van der Waals surface area contributed by atoms with Gasteiger partial charge in [0, 0.05) is 25.2 Å². The maximum Gasteiger partial charge on any atom is 0.167 e. The molecule has 94 valence electrons. The van der Waals surface area contributed by atoms with Gasteiger partial charge in [-0.15, -0.1) is 0 Å². The van der Waals surface area contributed by atoms with E-state index < -0.39 is 5.82 Å². The normalized spacial score (nSPS) is 18.5. The van der Waals surface area contributed by atoms with E-state index in [1.165, 1.54) is 13.2 Å². The van der Waals surface area contributed by atoms with Crippen LogP contribution in [0.4, 0.5) is 15.8 Å². The molecular weight excluding hydrogens is 219 g/mol. The van der Waals surface area contributed by atoms with E-state index in [0.29, 0.717) is 5.69 Å². The highest BCUT2D eigenvalue weighted by molar-refractivity contribution is 5.70. The molecule has 0 saturated carbocycles. The predicted molar refractivity (Wildman–Crippen MR) is 68.0 cm³/mol. The van der Waals surface area contributed by atoms with Crippen LogP contribution in [0.1, 0.15) is 20.3 Å². The molecule has 0 aliphatic carbocycles. The Bertz CT molecular complexity index is 432. The van der Waals surface area contributed by atoms with E-state index in [4.69, 9.17) is 10.5 Å². The van der Waals surface area contributed by atoms with Crippen LogP contribution in [0.15, 0.2) is 12.1 Å².